The van der Waals surface area contributed by atoms with Crippen LogP contribution in [0.25, 0.3) is 5.69 Å². The molecule has 7 nitrogen and oxygen atoms in total. The molecule has 2 aromatic rings. The zero-order valence-corrected chi connectivity index (χ0v) is 13.1. The van der Waals surface area contributed by atoms with Gasteiger partial charge in [0.1, 0.15) is 5.60 Å². The van der Waals surface area contributed by atoms with Crippen LogP contribution in [-0.2, 0) is 0 Å². The molecule has 1 atom stereocenters. The fraction of sp³-hybridized carbons (Fsp3) is 0.333. The number of nitrogens with zero attached hydrogens (tertiary/aromatic N) is 3. The third-order valence-electron chi connectivity index (χ3n) is 3.90. The Hall–Kier alpha value is -2.09. The fourth-order valence-corrected chi connectivity index (χ4v) is 2.84. The molecule has 1 saturated heterocycles. The number of rotatable bonds is 3. The van der Waals surface area contributed by atoms with Crippen molar-refractivity contribution in [3.63, 3.8) is 0 Å². The number of imidazole rings is 1. The normalized spacial score (nSPS) is 20.7. The first kappa shape index (κ1) is 15.8. The van der Waals surface area contributed by atoms with Gasteiger partial charge in [-0.1, -0.05) is 11.6 Å². The largest absolute Gasteiger partial charge is 0.393 e. The van der Waals surface area contributed by atoms with Crippen molar-refractivity contribution in [3.8, 4) is 5.69 Å². The Balaban J connectivity index is 1.69. The SMILES string of the molecule is O=C(Nc1ccc(-n2ccnc2)c(Cl)c1)N1CC[C@](O)(CO)C1. The van der Waals surface area contributed by atoms with Gasteiger partial charge in [-0.2, -0.15) is 0 Å². The molecule has 1 aliphatic rings. The molecule has 0 saturated carbocycles. The number of carbonyl (C=O) groups excluding carboxylic acids is 1. The van der Waals surface area contributed by atoms with E-state index in [0.717, 1.165) is 5.69 Å². The molecule has 1 fully saturated rings. The average Bonchev–Trinajstić information content (AvgIpc) is 3.18. The van der Waals surface area contributed by atoms with Crippen molar-refractivity contribution in [1.82, 2.24) is 14.5 Å². The maximum absolute atomic E-state index is 12.2. The summed E-state index contributed by atoms with van der Waals surface area (Å²) in [6, 6.07) is 4.85. The Morgan fingerprint density at radius 1 is 1.48 bits per heavy atom. The lowest BCUT2D eigenvalue weighted by molar-refractivity contribution is -0.00246. The van der Waals surface area contributed by atoms with Crippen LogP contribution in [0, 0.1) is 0 Å². The molecular formula is C15H17ClN4O3. The topological polar surface area (TPSA) is 90.6 Å². The first-order valence-electron chi connectivity index (χ1n) is 7.18. The van der Waals surface area contributed by atoms with E-state index >= 15 is 0 Å². The van der Waals surface area contributed by atoms with E-state index in [2.05, 4.69) is 10.3 Å². The summed E-state index contributed by atoms with van der Waals surface area (Å²) in [5, 5.41) is 22.3. The van der Waals surface area contributed by atoms with Crippen molar-refractivity contribution < 1.29 is 15.0 Å². The first-order chi connectivity index (χ1) is 11.0. The molecule has 1 aliphatic heterocycles. The second-order valence-corrected chi connectivity index (χ2v) is 6.03. The summed E-state index contributed by atoms with van der Waals surface area (Å²) in [7, 11) is 0. The smallest absolute Gasteiger partial charge is 0.321 e. The number of hydrogen-bond donors (Lipinski definition) is 3. The predicted molar refractivity (Wildman–Crippen MR) is 85.8 cm³/mol. The van der Waals surface area contributed by atoms with Crippen LogP contribution in [0.15, 0.2) is 36.9 Å². The Labute approximate surface area is 138 Å². The van der Waals surface area contributed by atoms with E-state index in [4.69, 9.17) is 16.7 Å². The molecule has 23 heavy (non-hydrogen) atoms. The molecule has 8 heteroatoms. The van der Waals surface area contributed by atoms with E-state index in [1.165, 1.54) is 4.90 Å². The highest BCUT2D eigenvalue weighted by atomic mass is 35.5. The highest BCUT2D eigenvalue weighted by Crippen LogP contribution is 2.25. The molecule has 122 valence electrons. The van der Waals surface area contributed by atoms with Crippen molar-refractivity contribution in [3.05, 3.63) is 41.9 Å². The maximum Gasteiger partial charge on any atom is 0.321 e. The third-order valence-corrected chi connectivity index (χ3v) is 4.20. The van der Waals surface area contributed by atoms with E-state index in [9.17, 15) is 9.90 Å². The summed E-state index contributed by atoms with van der Waals surface area (Å²) in [4.78, 5) is 17.6. The minimum absolute atomic E-state index is 0.107. The standard InChI is InChI=1S/C15H17ClN4O3/c16-12-7-11(1-2-13(12)20-6-4-17-10-20)18-14(22)19-5-3-15(23,8-19)9-21/h1-2,4,6-7,10,21,23H,3,5,8-9H2,(H,18,22)/t15-/m1/s1. The van der Waals surface area contributed by atoms with Crippen molar-refractivity contribution in [1.29, 1.82) is 0 Å². The fourth-order valence-electron chi connectivity index (χ4n) is 2.56. The van der Waals surface area contributed by atoms with Crippen LogP contribution >= 0.6 is 11.6 Å². The maximum atomic E-state index is 12.2. The third kappa shape index (κ3) is 3.31. The van der Waals surface area contributed by atoms with Crippen LogP contribution in [0.3, 0.4) is 0 Å². The number of halogens is 1. The van der Waals surface area contributed by atoms with Gasteiger partial charge in [0.25, 0.3) is 0 Å². The lowest BCUT2D eigenvalue weighted by Gasteiger charge is -2.21. The Morgan fingerprint density at radius 2 is 2.30 bits per heavy atom. The zero-order valence-electron chi connectivity index (χ0n) is 12.3. The summed E-state index contributed by atoms with van der Waals surface area (Å²) in [6.07, 6.45) is 5.43. The predicted octanol–water partition coefficient (Wildman–Crippen LogP) is 1.49. The highest BCUT2D eigenvalue weighted by Gasteiger charge is 2.37. The monoisotopic (exact) mass is 336 g/mol. The minimum Gasteiger partial charge on any atom is -0.393 e. The van der Waals surface area contributed by atoms with Crippen LogP contribution in [0.5, 0.6) is 0 Å². The number of aliphatic hydroxyl groups excluding tert-OH is 1. The molecule has 0 unspecified atom stereocenters. The van der Waals surface area contributed by atoms with Gasteiger partial charge in [-0.15, -0.1) is 0 Å². The van der Waals surface area contributed by atoms with Gasteiger partial charge in [0.05, 0.1) is 30.2 Å². The zero-order chi connectivity index (χ0) is 16.4. The van der Waals surface area contributed by atoms with E-state index < -0.39 is 5.60 Å². The number of carbonyl (C=O) groups is 1. The molecule has 3 N–H and O–H groups in total. The van der Waals surface area contributed by atoms with Crippen LogP contribution in [0.4, 0.5) is 10.5 Å². The van der Waals surface area contributed by atoms with Gasteiger partial charge in [-0.25, -0.2) is 9.78 Å². The second-order valence-electron chi connectivity index (χ2n) is 5.62. The van der Waals surface area contributed by atoms with Gasteiger partial charge in [0.2, 0.25) is 0 Å². The average molecular weight is 337 g/mol. The lowest BCUT2D eigenvalue weighted by atomic mass is 10.1. The van der Waals surface area contributed by atoms with E-state index in [1.807, 2.05) is 0 Å². The molecule has 0 aliphatic carbocycles. The summed E-state index contributed by atoms with van der Waals surface area (Å²) in [6.45, 7) is 0.141. The van der Waals surface area contributed by atoms with Gasteiger partial charge in [-0.05, 0) is 24.6 Å². The van der Waals surface area contributed by atoms with E-state index in [1.54, 1.807) is 41.5 Å². The van der Waals surface area contributed by atoms with Crippen molar-refractivity contribution in [2.24, 2.45) is 0 Å². The Kier molecular flexibility index (Phi) is 4.25. The molecular weight excluding hydrogens is 320 g/mol. The van der Waals surface area contributed by atoms with Gasteiger partial charge in [0, 0.05) is 24.6 Å². The second kappa shape index (κ2) is 6.19. The quantitative estimate of drug-likeness (QED) is 0.792. The molecule has 1 aromatic carbocycles. The van der Waals surface area contributed by atoms with Crippen molar-refractivity contribution in [2.75, 3.05) is 25.0 Å². The molecule has 3 rings (SSSR count). The van der Waals surface area contributed by atoms with Crippen LogP contribution in [-0.4, -0.2) is 56.0 Å². The number of β-amino-alcohol motifs (C(OH)–C–C–N with tert-alkyl or cyclic N) is 1. The summed E-state index contributed by atoms with van der Waals surface area (Å²) in [5.74, 6) is 0. The molecule has 0 bridgehead atoms. The number of anilines is 1. The first-order valence-corrected chi connectivity index (χ1v) is 7.56. The molecule has 0 spiro atoms. The summed E-state index contributed by atoms with van der Waals surface area (Å²) < 4.78 is 1.77. The number of likely N-dealkylation sites (tertiary alicyclic amines) is 1. The number of aromatic nitrogens is 2. The van der Waals surface area contributed by atoms with Gasteiger partial charge in [0.15, 0.2) is 0 Å². The molecule has 0 radical (unpaired) electrons. The number of hydrogen-bond acceptors (Lipinski definition) is 4. The summed E-state index contributed by atoms with van der Waals surface area (Å²) >= 11 is 6.25. The van der Waals surface area contributed by atoms with Gasteiger partial charge in [-0.3, -0.25) is 0 Å². The Morgan fingerprint density at radius 3 is 2.91 bits per heavy atom. The number of urea groups is 1. The number of benzene rings is 1. The van der Waals surface area contributed by atoms with Crippen LogP contribution < -0.4 is 5.32 Å². The van der Waals surface area contributed by atoms with Gasteiger partial charge < -0.3 is 25.0 Å². The summed E-state index contributed by atoms with van der Waals surface area (Å²) in [5.41, 5.74) is 0.113. The molecule has 2 amide bonds. The molecule has 1 aromatic heterocycles. The highest BCUT2D eigenvalue weighted by molar-refractivity contribution is 6.32. The molecule has 2 heterocycles. The lowest BCUT2D eigenvalue weighted by Crippen LogP contribution is -2.40. The van der Waals surface area contributed by atoms with E-state index in [0.29, 0.717) is 23.7 Å². The van der Waals surface area contributed by atoms with E-state index in [-0.39, 0.29) is 19.2 Å². The van der Waals surface area contributed by atoms with Crippen LogP contribution in [0.1, 0.15) is 6.42 Å². The van der Waals surface area contributed by atoms with Crippen LogP contribution in [0.2, 0.25) is 5.02 Å². The van der Waals surface area contributed by atoms with Crippen molar-refractivity contribution in [2.45, 2.75) is 12.0 Å². The van der Waals surface area contributed by atoms with Gasteiger partial charge >= 0.3 is 6.03 Å². The number of amides is 2. The Bertz CT molecular complexity index is 707. The minimum atomic E-state index is -1.21. The van der Waals surface area contributed by atoms with Crippen molar-refractivity contribution >= 4 is 23.3 Å². The number of aliphatic hydroxyl groups is 2. The number of nitrogens with one attached hydrogen (secondary N) is 1.